The second kappa shape index (κ2) is 6.19. The molecular weight excluding hydrogens is 246 g/mol. The fourth-order valence-corrected chi connectivity index (χ4v) is 2.84. The van der Waals surface area contributed by atoms with E-state index in [9.17, 15) is 14.7 Å². The zero-order chi connectivity index (χ0) is 13.8. The van der Waals surface area contributed by atoms with Crippen LogP contribution in [0.25, 0.3) is 0 Å². The van der Waals surface area contributed by atoms with Crippen molar-refractivity contribution in [2.75, 3.05) is 13.7 Å². The number of carboxylic acids is 1. The standard InChI is InChI=1S/C14H21NO4/c1-19-11-8-12(14(17)18)15(9-11)13(16)7-10-5-3-2-4-6-10/h5,11-12H,2-4,6-9H2,1H3,(H,17,18). The Balaban J connectivity index is 2.00. The molecule has 106 valence electrons. The smallest absolute Gasteiger partial charge is 0.326 e. The summed E-state index contributed by atoms with van der Waals surface area (Å²) >= 11 is 0. The SMILES string of the molecule is COC1CC(C(=O)O)N(C(=O)CC2=CCCCC2)C1. The number of carbonyl (C=O) groups is 2. The molecule has 1 fully saturated rings. The van der Waals surface area contributed by atoms with E-state index in [0.29, 0.717) is 19.4 Å². The van der Waals surface area contributed by atoms with E-state index in [1.165, 1.54) is 11.3 Å². The number of likely N-dealkylation sites (tertiary alicyclic amines) is 1. The summed E-state index contributed by atoms with van der Waals surface area (Å²) in [6, 6.07) is -0.735. The van der Waals surface area contributed by atoms with Crippen LogP contribution >= 0.6 is 0 Å². The van der Waals surface area contributed by atoms with E-state index in [-0.39, 0.29) is 12.0 Å². The first kappa shape index (κ1) is 14.1. The molecule has 1 aliphatic carbocycles. The van der Waals surface area contributed by atoms with Crippen molar-refractivity contribution in [2.24, 2.45) is 0 Å². The predicted octanol–water partition coefficient (Wildman–Crippen LogP) is 1.58. The number of allylic oxidation sites excluding steroid dienone is 1. The lowest BCUT2D eigenvalue weighted by atomic mass is 9.97. The molecule has 1 saturated heterocycles. The molecule has 0 aromatic heterocycles. The van der Waals surface area contributed by atoms with Gasteiger partial charge in [-0.05, 0) is 25.7 Å². The van der Waals surface area contributed by atoms with E-state index in [0.717, 1.165) is 24.8 Å². The van der Waals surface area contributed by atoms with Crippen LogP contribution in [0.1, 0.15) is 38.5 Å². The van der Waals surface area contributed by atoms with Gasteiger partial charge in [0.05, 0.1) is 6.10 Å². The third-order valence-electron chi connectivity index (χ3n) is 3.96. The average Bonchev–Trinajstić information content (AvgIpc) is 2.84. The lowest BCUT2D eigenvalue weighted by molar-refractivity contribution is -0.148. The zero-order valence-electron chi connectivity index (χ0n) is 11.3. The van der Waals surface area contributed by atoms with Crippen LogP contribution in [0.3, 0.4) is 0 Å². The Morgan fingerprint density at radius 1 is 1.47 bits per heavy atom. The van der Waals surface area contributed by atoms with Gasteiger partial charge in [0.1, 0.15) is 6.04 Å². The first-order valence-electron chi connectivity index (χ1n) is 6.84. The maximum absolute atomic E-state index is 12.3. The second-order valence-corrected chi connectivity index (χ2v) is 5.28. The molecule has 2 aliphatic rings. The van der Waals surface area contributed by atoms with Gasteiger partial charge < -0.3 is 14.7 Å². The summed E-state index contributed by atoms with van der Waals surface area (Å²) in [4.78, 5) is 24.9. The molecule has 2 atom stereocenters. The second-order valence-electron chi connectivity index (χ2n) is 5.28. The van der Waals surface area contributed by atoms with Crippen LogP contribution in [0.4, 0.5) is 0 Å². The molecule has 0 saturated carbocycles. The molecule has 2 rings (SSSR count). The first-order chi connectivity index (χ1) is 9.11. The van der Waals surface area contributed by atoms with Crippen molar-refractivity contribution in [2.45, 2.75) is 50.7 Å². The van der Waals surface area contributed by atoms with Crippen molar-refractivity contribution >= 4 is 11.9 Å². The summed E-state index contributed by atoms with van der Waals surface area (Å²) in [7, 11) is 1.56. The largest absolute Gasteiger partial charge is 0.480 e. The number of aliphatic carboxylic acids is 1. The number of amides is 1. The van der Waals surface area contributed by atoms with Gasteiger partial charge >= 0.3 is 5.97 Å². The van der Waals surface area contributed by atoms with Crippen molar-refractivity contribution in [1.82, 2.24) is 4.90 Å². The number of rotatable bonds is 4. The number of hydrogen-bond donors (Lipinski definition) is 1. The molecule has 0 aromatic rings. The van der Waals surface area contributed by atoms with Crippen molar-refractivity contribution in [3.05, 3.63) is 11.6 Å². The van der Waals surface area contributed by atoms with E-state index >= 15 is 0 Å². The van der Waals surface area contributed by atoms with Gasteiger partial charge in [-0.1, -0.05) is 11.6 Å². The van der Waals surface area contributed by atoms with Crippen LogP contribution in [0, 0.1) is 0 Å². The Bertz CT molecular complexity index is 391. The van der Waals surface area contributed by atoms with E-state index < -0.39 is 12.0 Å². The van der Waals surface area contributed by atoms with Crippen LogP contribution < -0.4 is 0 Å². The maximum atomic E-state index is 12.3. The third-order valence-corrected chi connectivity index (χ3v) is 3.96. The van der Waals surface area contributed by atoms with E-state index in [4.69, 9.17) is 4.74 Å². The van der Waals surface area contributed by atoms with Gasteiger partial charge in [0, 0.05) is 26.5 Å². The molecule has 1 N–H and O–H groups in total. The van der Waals surface area contributed by atoms with Gasteiger partial charge in [-0.3, -0.25) is 4.79 Å². The highest BCUT2D eigenvalue weighted by atomic mass is 16.5. The van der Waals surface area contributed by atoms with Crippen LogP contribution in [0.2, 0.25) is 0 Å². The number of hydrogen-bond acceptors (Lipinski definition) is 3. The Morgan fingerprint density at radius 3 is 2.84 bits per heavy atom. The summed E-state index contributed by atoms with van der Waals surface area (Å²) < 4.78 is 5.19. The van der Waals surface area contributed by atoms with Gasteiger partial charge in [-0.2, -0.15) is 0 Å². The highest BCUT2D eigenvalue weighted by Crippen LogP contribution is 2.25. The number of carboxylic acid groups (broad SMARTS) is 1. The average molecular weight is 267 g/mol. The molecule has 0 radical (unpaired) electrons. The van der Waals surface area contributed by atoms with E-state index in [2.05, 4.69) is 6.08 Å². The first-order valence-corrected chi connectivity index (χ1v) is 6.84. The molecule has 1 heterocycles. The number of methoxy groups -OCH3 is 1. The molecule has 1 amide bonds. The lowest BCUT2D eigenvalue weighted by Gasteiger charge is -2.22. The minimum absolute atomic E-state index is 0.0832. The van der Waals surface area contributed by atoms with Crippen molar-refractivity contribution in [3.63, 3.8) is 0 Å². The molecule has 0 spiro atoms. The predicted molar refractivity (Wildman–Crippen MR) is 69.7 cm³/mol. The van der Waals surface area contributed by atoms with Gasteiger partial charge in [0.15, 0.2) is 0 Å². The quantitative estimate of drug-likeness (QED) is 0.785. The molecule has 2 unspecified atom stereocenters. The van der Waals surface area contributed by atoms with Crippen LogP contribution in [-0.2, 0) is 14.3 Å². The number of ether oxygens (including phenoxy) is 1. The highest BCUT2D eigenvalue weighted by Gasteiger charge is 2.39. The normalized spacial score (nSPS) is 27.2. The molecule has 19 heavy (non-hydrogen) atoms. The fraction of sp³-hybridized carbons (Fsp3) is 0.714. The van der Waals surface area contributed by atoms with Crippen molar-refractivity contribution < 1.29 is 19.4 Å². The number of nitrogens with zero attached hydrogens (tertiary/aromatic N) is 1. The fourth-order valence-electron chi connectivity index (χ4n) is 2.84. The van der Waals surface area contributed by atoms with Crippen LogP contribution in [-0.4, -0.2) is 47.7 Å². The summed E-state index contributed by atoms with van der Waals surface area (Å²) in [6.07, 6.45) is 7.02. The van der Waals surface area contributed by atoms with Crippen molar-refractivity contribution in [1.29, 1.82) is 0 Å². The molecule has 5 nitrogen and oxygen atoms in total. The molecular formula is C14H21NO4. The summed E-state index contributed by atoms with van der Waals surface area (Å²) in [5.74, 6) is -1.02. The third kappa shape index (κ3) is 3.35. The minimum Gasteiger partial charge on any atom is -0.480 e. The van der Waals surface area contributed by atoms with E-state index in [1.54, 1.807) is 7.11 Å². The molecule has 1 aliphatic heterocycles. The molecule has 0 aromatic carbocycles. The Hall–Kier alpha value is -1.36. The Kier molecular flexibility index (Phi) is 4.58. The Labute approximate surface area is 113 Å². The summed E-state index contributed by atoms with van der Waals surface area (Å²) in [5.41, 5.74) is 1.15. The monoisotopic (exact) mass is 267 g/mol. The molecule has 5 heteroatoms. The zero-order valence-corrected chi connectivity index (χ0v) is 11.3. The lowest BCUT2D eigenvalue weighted by Crippen LogP contribution is -2.40. The summed E-state index contributed by atoms with van der Waals surface area (Å²) in [6.45, 7) is 0.388. The van der Waals surface area contributed by atoms with Gasteiger partial charge in [-0.15, -0.1) is 0 Å². The van der Waals surface area contributed by atoms with Gasteiger partial charge in [0.2, 0.25) is 5.91 Å². The molecule has 0 bridgehead atoms. The number of carbonyl (C=O) groups excluding carboxylic acids is 1. The maximum Gasteiger partial charge on any atom is 0.326 e. The van der Waals surface area contributed by atoms with Crippen molar-refractivity contribution in [3.8, 4) is 0 Å². The topological polar surface area (TPSA) is 66.8 Å². The van der Waals surface area contributed by atoms with Gasteiger partial charge in [-0.25, -0.2) is 4.79 Å². The summed E-state index contributed by atoms with van der Waals surface area (Å²) in [5, 5.41) is 9.19. The minimum atomic E-state index is -0.939. The Morgan fingerprint density at radius 2 is 2.26 bits per heavy atom. The van der Waals surface area contributed by atoms with Crippen LogP contribution in [0.15, 0.2) is 11.6 Å². The van der Waals surface area contributed by atoms with Gasteiger partial charge in [0.25, 0.3) is 0 Å². The highest BCUT2D eigenvalue weighted by molar-refractivity contribution is 5.85. The van der Waals surface area contributed by atoms with E-state index in [1.807, 2.05) is 0 Å². The van der Waals surface area contributed by atoms with Crippen LogP contribution in [0.5, 0.6) is 0 Å².